The summed E-state index contributed by atoms with van der Waals surface area (Å²) >= 11 is 1.98. The first-order chi connectivity index (χ1) is 11.5. The van der Waals surface area contributed by atoms with Crippen LogP contribution in [0.3, 0.4) is 0 Å². The van der Waals surface area contributed by atoms with Gasteiger partial charge in [0.1, 0.15) is 0 Å². The first-order valence-electron chi connectivity index (χ1n) is 8.84. The summed E-state index contributed by atoms with van der Waals surface area (Å²) in [6.07, 6.45) is 1.19. The molecular weight excluding hydrogens is 366 g/mol. The third-order valence-corrected chi connectivity index (χ3v) is 9.64. The van der Waals surface area contributed by atoms with Crippen LogP contribution in [0, 0.1) is 11.8 Å². The molecule has 0 bridgehead atoms. The number of rotatable bonds is 2. The summed E-state index contributed by atoms with van der Waals surface area (Å²) < 4.78 is 36.8. The average molecular weight is 396 g/mol. The third-order valence-electron chi connectivity index (χ3n) is 5.18. The Morgan fingerprint density at radius 3 is 2.75 bits per heavy atom. The molecule has 0 aromatic rings. The Balaban J connectivity index is 1.64. The smallest absolute Gasteiger partial charge is 0.151 e. The Hall–Kier alpha value is 0.330. The minimum absolute atomic E-state index is 0.0108. The van der Waals surface area contributed by atoms with Crippen molar-refractivity contribution in [1.29, 1.82) is 0 Å². The van der Waals surface area contributed by atoms with Crippen molar-refractivity contribution < 1.29 is 12.6 Å². The normalized spacial score (nSPS) is 41.8. The molecule has 5 atom stereocenters. The fraction of sp³-hybridized carbons (Fsp3) is 1.00. The highest BCUT2D eigenvalue weighted by Crippen LogP contribution is 2.20. The molecule has 6 nitrogen and oxygen atoms in total. The molecule has 3 aliphatic heterocycles. The summed E-state index contributed by atoms with van der Waals surface area (Å²) in [7, 11) is -3.89. The van der Waals surface area contributed by atoms with E-state index in [-0.39, 0.29) is 23.5 Å². The lowest BCUT2D eigenvalue weighted by Crippen LogP contribution is -2.48. The van der Waals surface area contributed by atoms with Gasteiger partial charge in [0.2, 0.25) is 0 Å². The quantitative estimate of drug-likeness (QED) is 0.556. The van der Waals surface area contributed by atoms with E-state index in [2.05, 4.69) is 16.0 Å². The van der Waals surface area contributed by atoms with Crippen LogP contribution in [0.2, 0.25) is 0 Å². The molecule has 0 amide bonds. The lowest BCUT2D eigenvalue weighted by Gasteiger charge is -2.27. The monoisotopic (exact) mass is 395 g/mol. The molecule has 3 aliphatic rings. The maximum absolute atomic E-state index is 12.6. The number of hydrogen-bond acceptors (Lipinski definition) is 7. The average Bonchev–Trinajstić information content (AvgIpc) is 2.96. The zero-order chi connectivity index (χ0) is 17.0. The van der Waals surface area contributed by atoms with E-state index in [1.807, 2.05) is 11.8 Å². The molecule has 0 aromatic heterocycles. The molecule has 0 aromatic carbocycles. The third kappa shape index (κ3) is 5.41. The van der Waals surface area contributed by atoms with Crippen molar-refractivity contribution in [2.75, 3.05) is 60.7 Å². The van der Waals surface area contributed by atoms with Crippen LogP contribution in [0.4, 0.5) is 0 Å². The lowest BCUT2D eigenvalue weighted by atomic mass is 10.00. The zero-order valence-corrected chi connectivity index (χ0v) is 16.5. The van der Waals surface area contributed by atoms with Gasteiger partial charge in [-0.1, -0.05) is 0 Å². The molecule has 0 radical (unpaired) electrons. The highest BCUT2D eigenvalue weighted by Gasteiger charge is 2.34. The van der Waals surface area contributed by atoms with Crippen LogP contribution in [0.5, 0.6) is 0 Å². The second-order valence-corrected chi connectivity index (χ2v) is 12.0. The molecule has 3 N–H and O–H groups in total. The maximum Gasteiger partial charge on any atom is 0.151 e. The fourth-order valence-corrected chi connectivity index (χ4v) is 8.30. The van der Waals surface area contributed by atoms with Gasteiger partial charge in [-0.25, -0.2) is 8.42 Å². The second kappa shape index (κ2) is 8.81. The van der Waals surface area contributed by atoms with Crippen LogP contribution in [-0.2, 0) is 20.6 Å². The number of thioether (sulfide) groups is 1. The van der Waals surface area contributed by atoms with Gasteiger partial charge in [-0.15, -0.1) is 0 Å². The van der Waals surface area contributed by atoms with E-state index in [9.17, 15) is 12.6 Å². The molecule has 3 heterocycles. The first kappa shape index (κ1) is 19.1. The zero-order valence-electron chi connectivity index (χ0n) is 14.0. The predicted octanol–water partition coefficient (Wildman–Crippen LogP) is -0.948. The molecule has 24 heavy (non-hydrogen) atoms. The number of sulfone groups is 1. The van der Waals surface area contributed by atoms with E-state index in [1.165, 1.54) is 12.2 Å². The van der Waals surface area contributed by atoms with Crippen molar-refractivity contribution in [3.05, 3.63) is 0 Å². The van der Waals surface area contributed by atoms with E-state index in [4.69, 9.17) is 0 Å². The van der Waals surface area contributed by atoms with Crippen molar-refractivity contribution in [2.45, 2.75) is 18.5 Å². The molecule has 3 fully saturated rings. The first-order valence-corrected chi connectivity index (χ1v) is 13.3. The molecule has 0 spiro atoms. The Kier molecular flexibility index (Phi) is 7.01. The largest absolute Gasteiger partial charge is 0.315 e. The summed E-state index contributed by atoms with van der Waals surface area (Å²) in [5.74, 6) is 4.34. The highest BCUT2D eigenvalue weighted by molar-refractivity contribution is 7.99. The fourth-order valence-electron chi connectivity index (χ4n) is 3.76. The van der Waals surface area contributed by atoms with Gasteiger partial charge in [0.25, 0.3) is 0 Å². The summed E-state index contributed by atoms with van der Waals surface area (Å²) in [5.41, 5.74) is 0. The summed E-state index contributed by atoms with van der Waals surface area (Å²) in [5, 5.41) is 10.4. The maximum atomic E-state index is 12.6. The van der Waals surface area contributed by atoms with Crippen LogP contribution in [0.15, 0.2) is 0 Å². The summed E-state index contributed by atoms with van der Waals surface area (Å²) in [6, 6.07) is 0.429. The molecule has 3 rings (SSSR count). The predicted molar refractivity (Wildman–Crippen MR) is 102 cm³/mol. The van der Waals surface area contributed by atoms with E-state index in [0.717, 1.165) is 18.8 Å². The summed E-state index contributed by atoms with van der Waals surface area (Å²) in [4.78, 5) is 0. The molecule has 140 valence electrons. The minimum atomic E-state index is -3.00. The highest BCUT2D eigenvalue weighted by atomic mass is 32.2. The second-order valence-electron chi connectivity index (χ2n) is 7.12. The lowest BCUT2D eigenvalue weighted by molar-refractivity contribution is 0.346. The van der Waals surface area contributed by atoms with E-state index < -0.39 is 20.6 Å². The van der Waals surface area contributed by atoms with E-state index >= 15 is 0 Å². The van der Waals surface area contributed by atoms with E-state index in [1.54, 1.807) is 0 Å². The van der Waals surface area contributed by atoms with Gasteiger partial charge in [-0.3, -0.25) is 4.21 Å². The molecule has 0 aliphatic carbocycles. The van der Waals surface area contributed by atoms with Gasteiger partial charge >= 0.3 is 0 Å². The van der Waals surface area contributed by atoms with Gasteiger partial charge in [0.05, 0.1) is 11.5 Å². The van der Waals surface area contributed by atoms with E-state index in [0.29, 0.717) is 36.6 Å². The molecule has 3 saturated heterocycles. The van der Waals surface area contributed by atoms with Gasteiger partial charge in [-0.2, -0.15) is 11.8 Å². The van der Waals surface area contributed by atoms with Crippen molar-refractivity contribution in [1.82, 2.24) is 16.0 Å². The van der Waals surface area contributed by atoms with Crippen molar-refractivity contribution in [2.24, 2.45) is 11.8 Å². The molecule has 0 saturated carbocycles. The molecule has 5 unspecified atom stereocenters. The summed E-state index contributed by atoms with van der Waals surface area (Å²) in [6.45, 7) is 3.08. The Labute approximate surface area is 152 Å². The van der Waals surface area contributed by atoms with Crippen LogP contribution in [0.1, 0.15) is 6.42 Å². The Morgan fingerprint density at radius 2 is 1.88 bits per heavy atom. The standard InChI is InChI=1S/C15H29N3O3S3/c19-23-9-12(14-8-22-4-1-2-17-14)7-18-15(10-23)13-6-16-3-5-24(20,21)11-13/h12-18H,1-11H2. The Bertz CT molecular complexity index is 535. The SMILES string of the molecule is O=S1CC(C2CSCCCN2)CNC(C2CNCCS(=O)(=O)C2)C1. The van der Waals surface area contributed by atoms with Crippen molar-refractivity contribution >= 4 is 32.4 Å². The van der Waals surface area contributed by atoms with Gasteiger partial charge in [0.15, 0.2) is 9.84 Å². The van der Waals surface area contributed by atoms with Crippen LogP contribution < -0.4 is 16.0 Å². The van der Waals surface area contributed by atoms with Crippen molar-refractivity contribution in [3.8, 4) is 0 Å². The van der Waals surface area contributed by atoms with Gasteiger partial charge < -0.3 is 16.0 Å². The van der Waals surface area contributed by atoms with Crippen LogP contribution in [0.25, 0.3) is 0 Å². The van der Waals surface area contributed by atoms with Gasteiger partial charge in [0, 0.05) is 65.7 Å². The van der Waals surface area contributed by atoms with Crippen LogP contribution in [-0.4, -0.2) is 85.4 Å². The molecule has 9 heteroatoms. The number of nitrogens with one attached hydrogen (secondary N) is 3. The minimum Gasteiger partial charge on any atom is -0.315 e. The van der Waals surface area contributed by atoms with Crippen molar-refractivity contribution in [3.63, 3.8) is 0 Å². The van der Waals surface area contributed by atoms with Gasteiger partial charge in [-0.05, 0) is 24.6 Å². The Morgan fingerprint density at radius 1 is 1.00 bits per heavy atom. The number of hydrogen-bond donors (Lipinski definition) is 3. The van der Waals surface area contributed by atoms with Crippen LogP contribution >= 0.6 is 11.8 Å². The molecular formula is C15H29N3O3S3. The topological polar surface area (TPSA) is 87.3 Å².